The van der Waals surface area contributed by atoms with Crippen LogP contribution in [0.5, 0.6) is 11.5 Å². The van der Waals surface area contributed by atoms with Gasteiger partial charge in [0.15, 0.2) is 16.3 Å². The highest BCUT2D eigenvalue weighted by Gasteiger charge is 2.34. The topological polar surface area (TPSA) is 84.1 Å². The lowest BCUT2D eigenvalue weighted by Gasteiger charge is -2.25. The summed E-state index contributed by atoms with van der Waals surface area (Å²) in [5.74, 6) is 0.528. The van der Waals surface area contributed by atoms with Crippen LogP contribution in [-0.4, -0.2) is 34.9 Å². The van der Waals surface area contributed by atoms with Gasteiger partial charge in [-0.1, -0.05) is 64.9 Å². The first-order valence-electron chi connectivity index (χ1n) is 15.2. The van der Waals surface area contributed by atoms with Crippen LogP contribution in [0, 0.1) is 0 Å². The number of hydrogen-bond acceptors (Lipinski definition) is 7. The number of fused-ring (bicyclic) bond motifs is 2. The summed E-state index contributed by atoms with van der Waals surface area (Å²) in [5, 5.41) is 1.99. The number of rotatable bonds is 9. The van der Waals surface area contributed by atoms with Gasteiger partial charge in [0.2, 0.25) is 0 Å². The van der Waals surface area contributed by atoms with Gasteiger partial charge in [-0.15, -0.1) is 0 Å². The number of hydrogen-bond donors (Lipinski definition) is 0. The average Bonchev–Trinajstić information content (AvgIpc) is 3.54. The van der Waals surface area contributed by atoms with Crippen molar-refractivity contribution < 1.29 is 19.0 Å². The highest BCUT2D eigenvalue weighted by Crippen LogP contribution is 2.36. The summed E-state index contributed by atoms with van der Waals surface area (Å²) in [7, 11) is 1.56. The molecule has 0 fully saturated rings. The van der Waals surface area contributed by atoms with E-state index in [4.69, 9.17) is 42.4 Å². The Balaban J connectivity index is 1.50. The Morgan fingerprint density at radius 1 is 1.06 bits per heavy atom. The molecule has 0 saturated heterocycles. The fourth-order valence-electron chi connectivity index (χ4n) is 5.81. The number of methoxy groups -OCH3 is 1. The number of para-hydroxylation sites is 1. The Labute approximate surface area is 285 Å². The minimum absolute atomic E-state index is 0.0698. The van der Waals surface area contributed by atoms with Gasteiger partial charge in [0.25, 0.3) is 5.56 Å². The lowest BCUT2D eigenvalue weighted by Crippen LogP contribution is -2.40. The van der Waals surface area contributed by atoms with Gasteiger partial charge >= 0.3 is 5.97 Å². The molecule has 6 rings (SSSR count). The van der Waals surface area contributed by atoms with Crippen molar-refractivity contribution in [2.75, 3.05) is 13.7 Å². The summed E-state index contributed by atoms with van der Waals surface area (Å²) in [6.07, 6.45) is 3.84. The number of allylic oxidation sites excluding steroid dienone is 1. The van der Waals surface area contributed by atoms with Crippen LogP contribution in [0.3, 0.4) is 0 Å². The Kier molecular flexibility index (Phi) is 9.32. The van der Waals surface area contributed by atoms with E-state index < -0.39 is 12.0 Å². The number of esters is 1. The van der Waals surface area contributed by atoms with Gasteiger partial charge in [0, 0.05) is 29.2 Å². The molecule has 1 atom stereocenters. The lowest BCUT2D eigenvalue weighted by molar-refractivity contribution is -0.139. The van der Waals surface area contributed by atoms with Crippen LogP contribution in [0.25, 0.3) is 17.0 Å². The molecule has 0 unspecified atom stereocenters. The van der Waals surface area contributed by atoms with E-state index >= 15 is 0 Å². The molecule has 0 bridgehead atoms. The van der Waals surface area contributed by atoms with Gasteiger partial charge in [-0.05, 0) is 75.2 Å². The standard InChI is InChI=1S/C36H33Cl2N3O5S/c1-6-45-35(43)32-21(4)39-36-41(33(32)23-12-14-29(46-20(2)3)30(16-23)44-5)34(42)31(47-36)17-24-19-40(28-10-8-7-9-25(24)28)18-22-11-13-26(37)27(38)15-22/h7-17,19-20,33H,6,18H2,1-5H3/b31-17+/t33-/m0/s1. The molecule has 0 radical (unpaired) electrons. The predicted octanol–water partition coefficient (Wildman–Crippen LogP) is 6.90. The van der Waals surface area contributed by atoms with Crippen molar-refractivity contribution in [3.05, 3.63) is 125 Å². The monoisotopic (exact) mass is 689 g/mol. The van der Waals surface area contributed by atoms with Crippen LogP contribution in [0.4, 0.5) is 0 Å². The van der Waals surface area contributed by atoms with E-state index in [-0.39, 0.29) is 18.3 Å². The number of ether oxygens (including phenoxy) is 3. The zero-order valence-electron chi connectivity index (χ0n) is 26.5. The first-order chi connectivity index (χ1) is 22.6. The summed E-state index contributed by atoms with van der Waals surface area (Å²) < 4.78 is 21.2. The molecular weight excluding hydrogens is 657 g/mol. The Morgan fingerprint density at radius 2 is 1.85 bits per heavy atom. The second-order valence-electron chi connectivity index (χ2n) is 11.4. The van der Waals surface area contributed by atoms with Crippen molar-refractivity contribution in [2.24, 2.45) is 4.99 Å². The zero-order chi connectivity index (χ0) is 33.4. The molecule has 8 nitrogen and oxygen atoms in total. The van der Waals surface area contributed by atoms with E-state index in [9.17, 15) is 9.59 Å². The largest absolute Gasteiger partial charge is 0.493 e. The van der Waals surface area contributed by atoms with Crippen LogP contribution >= 0.6 is 34.5 Å². The molecule has 0 amide bonds. The minimum Gasteiger partial charge on any atom is -0.493 e. The number of aromatic nitrogens is 2. The van der Waals surface area contributed by atoms with Crippen LogP contribution < -0.4 is 24.4 Å². The summed E-state index contributed by atoms with van der Waals surface area (Å²) in [6, 6.07) is 18.3. The lowest BCUT2D eigenvalue weighted by atomic mass is 9.95. The number of carbonyl (C=O) groups excluding carboxylic acids is 1. The van der Waals surface area contributed by atoms with Gasteiger partial charge in [-0.25, -0.2) is 9.79 Å². The first kappa shape index (κ1) is 32.6. The highest BCUT2D eigenvalue weighted by molar-refractivity contribution is 7.07. The molecule has 2 aromatic heterocycles. The van der Waals surface area contributed by atoms with E-state index in [1.54, 1.807) is 43.7 Å². The number of halogens is 2. The van der Waals surface area contributed by atoms with E-state index in [1.807, 2.05) is 68.6 Å². The molecule has 1 aliphatic heterocycles. The Bertz CT molecular complexity index is 2230. The van der Waals surface area contributed by atoms with Crippen LogP contribution in [0.2, 0.25) is 10.0 Å². The fourth-order valence-corrected chi connectivity index (χ4v) is 7.17. The molecule has 3 heterocycles. The van der Waals surface area contributed by atoms with Crippen LogP contribution in [-0.2, 0) is 16.1 Å². The Morgan fingerprint density at radius 3 is 2.57 bits per heavy atom. The van der Waals surface area contributed by atoms with Gasteiger partial charge in [0.1, 0.15) is 0 Å². The molecule has 0 N–H and O–H groups in total. The third-order valence-corrected chi connectivity index (χ3v) is 9.55. The van der Waals surface area contributed by atoms with Crippen molar-refractivity contribution in [2.45, 2.75) is 46.4 Å². The van der Waals surface area contributed by atoms with E-state index in [1.165, 1.54) is 11.3 Å². The number of benzene rings is 3. The maximum atomic E-state index is 14.3. The number of thiazole rings is 1. The third-order valence-electron chi connectivity index (χ3n) is 7.83. The first-order valence-corrected chi connectivity index (χ1v) is 16.7. The fraction of sp³-hybridized carbons (Fsp3) is 0.250. The number of carbonyl (C=O) groups is 1. The normalized spacial score (nSPS) is 14.8. The Hall–Kier alpha value is -4.31. The van der Waals surface area contributed by atoms with Crippen molar-refractivity contribution in [3.63, 3.8) is 0 Å². The summed E-state index contributed by atoms with van der Waals surface area (Å²) in [6.45, 7) is 8.12. The second-order valence-corrected chi connectivity index (χ2v) is 13.2. The van der Waals surface area contributed by atoms with Crippen LogP contribution in [0.1, 0.15) is 50.4 Å². The van der Waals surface area contributed by atoms with E-state index in [0.717, 1.165) is 22.0 Å². The minimum atomic E-state index is -0.787. The van der Waals surface area contributed by atoms with Crippen LogP contribution in [0.15, 0.2) is 87.9 Å². The smallest absolute Gasteiger partial charge is 0.338 e. The van der Waals surface area contributed by atoms with Crippen molar-refractivity contribution in [1.29, 1.82) is 0 Å². The molecule has 1 aliphatic rings. The molecule has 11 heteroatoms. The maximum Gasteiger partial charge on any atom is 0.338 e. The molecule has 5 aromatic rings. The van der Waals surface area contributed by atoms with Gasteiger partial charge < -0.3 is 18.8 Å². The van der Waals surface area contributed by atoms with Crippen molar-refractivity contribution >= 4 is 57.5 Å². The summed E-state index contributed by atoms with van der Waals surface area (Å²) >= 11 is 13.7. The zero-order valence-corrected chi connectivity index (χ0v) is 28.9. The average molecular weight is 691 g/mol. The number of nitrogens with zero attached hydrogens (tertiary/aromatic N) is 3. The molecule has 0 saturated carbocycles. The molecule has 47 heavy (non-hydrogen) atoms. The molecule has 3 aromatic carbocycles. The van der Waals surface area contributed by atoms with Gasteiger partial charge in [-0.2, -0.15) is 0 Å². The summed E-state index contributed by atoms with van der Waals surface area (Å²) in [4.78, 5) is 32.9. The molecular formula is C36H33Cl2N3O5S. The van der Waals surface area contributed by atoms with Gasteiger partial charge in [0.05, 0.1) is 51.7 Å². The highest BCUT2D eigenvalue weighted by atomic mass is 35.5. The third kappa shape index (κ3) is 6.35. The summed E-state index contributed by atoms with van der Waals surface area (Å²) in [5.41, 5.74) is 4.06. The quantitative estimate of drug-likeness (QED) is 0.157. The van der Waals surface area contributed by atoms with Crippen molar-refractivity contribution in [1.82, 2.24) is 9.13 Å². The van der Waals surface area contributed by atoms with E-state index in [2.05, 4.69) is 4.57 Å². The second kappa shape index (κ2) is 13.4. The SMILES string of the molecule is CCOC(=O)C1=C(C)N=c2s/c(=C/c3cn(Cc4ccc(Cl)c(Cl)c4)c4ccccc34)c(=O)n2[C@H]1c1ccc(OC(C)C)c(OC)c1. The molecule has 0 aliphatic carbocycles. The van der Waals surface area contributed by atoms with Gasteiger partial charge in [-0.3, -0.25) is 9.36 Å². The van der Waals surface area contributed by atoms with E-state index in [0.29, 0.717) is 54.3 Å². The predicted molar refractivity (Wildman–Crippen MR) is 187 cm³/mol. The van der Waals surface area contributed by atoms with Crippen molar-refractivity contribution in [3.8, 4) is 11.5 Å². The molecule has 0 spiro atoms. The maximum absolute atomic E-state index is 14.3. The molecule has 242 valence electrons.